The first kappa shape index (κ1) is 15.8. The number of para-hydroxylation sites is 2. The lowest BCUT2D eigenvalue weighted by Crippen LogP contribution is -2.27. The van der Waals surface area contributed by atoms with E-state index in [1.807, 2.05) is 24.3 Å². The van der Waals surface area contributed by atoms with Gasteiger partial charge in [0.2, 0.25) is 5.91 Å². The number of hydrogen-bond acceptors (Lipinski definition) is 2. The molecule has 1 fully saturated rings. The van der Waals surface area contributed by atoms with Crippen LogP contribution >= 0.6 is 12.4 Å². The number of benzene rings is 1. The molecule has 1 amide bonds. The van der Waals surface area contributed by atoms with Crippen LogP contribution in [0.15, 0.2) is 24.3 Å². The molecule has 19 heavy (non-hydrogen) atoms. The van der Waals surface area contributed by atoms with E-state index in [-0.39, 0.29) is 24.2 Å². The minimum absolute atomic E-state index is 0. The van der Waals surface area contributed by atoms with Crippen molar-refractivity contribution in [2.75, 3.05) is 11.1 Å². The van der Waals surface area contributed by atoms with Gasteiger partial charge in [-0.3, -0.25) is 4.79 Å². The van der Waals surface area contributed by atoms with Crippen LogP contribution in [0.4, 0.5) is 11.4 Å². The molecule has 0 saturated heterocycles. The van der Waals surface area contributed by atoms with E-state index in [1.54, 1.807) is 0 Å². The molecule has 1 aromatic rings. The van der Waals surface area contributed by atoms with E-state index in [1.165, 1.54) is 19.3 Å². The Kier molecular flexibility index (Phi) is 6.16. The summed E-state index contributed by atoms with van der Waals surface area (Å²) in [7, 11) is 0. The molecule has 3 nitrogen and oxygen atoms in total. The molecule has 0 bridgehead atoms. The molecule has 1 aromatic carbocycles. The van der Waals surface area contributed by atoms with E-state index in [0.29, 0.717) is 5.69 Å². The van der Waals surface area contributed by atoms with Gasteiger partial charge in [0.1, 0.15) is 0 Å². The van der Waals surface area contributed by atoms with Gasteiger partial charge in [-0.25, -0.2) is 0 Å². The Balaban J connectivity index is 0.00000180. The summed E-state index contributed by atoms with van der Waals surface area (Å²) >= 11 is 0. The second-order valence-electron chi connectivity index (χ2n) is 5.20. The van der Waals surface area contributed by atoms with Crippen LogP contribution in [0.3, 0.4) is 0 Å². The predicted molar refractivity (Wildman–Crippen MR) is 82.5 cm³/mol. The summed E-state index contributed by atoms with van der Waals surface area (Å²) in [6.07, 6.45) is 5.62. The van der Waals surface area contributed by atoms with Crippen molar-refractivity contribution >= 4 is 29.7 Å². The molecule has 1 aliphatic carbocycles. The first-order chi connectivity index (χ1) is 8.70. The van der Waals surface area contributed by atoms with Crippen LogP contribution in [0, 0.1) is 11.8 Å². The number of rotatable bonds is 3. The maximum absolute atomic E-state index is 12.1. The van der Waals surface area contributed by atoms with Crippen molar-refractivity contribution in [2.24, 2.45) is 11.8 Å². The first-order valence-corrected chi connectivity index (χ1v) is 6.86. The number of carbonyl (C=O) groups excluding carboxylic acids is 1. The highest BCUT2D eigenvalue weighted by atomic mass is 35.5. The van der Waals surface area contributed by atoms with Gasteiger partial charge in [-0.2, -0.15) is 0 Å². The maximum atomic E-state index is 12.1. The van der Waals surface area contributed by atoms with Crippen molar-refractivity contribution in [3.8, 4) is 0 Å². The van der Waals surface area contributed by atoms with Crippen molar-refractivity contribution in [1.29, 1.82) is 0 Å². The number of halogens is 1. The van der Waals surface area contributed by atoms with Crippen molar-refractivity contribution in [2.45, 2.75) is 39.0 Å². The van der Waals surface area contributed by atoms with Crippen molar-refractivity contribution in [1.82, 2.24) is 0 Å². The van der Waals surface area contributed by atoms with E-state index >= 15 is 0 Å². The monoisotopic (exact) mass is 282 g/mol. The molecule has 0 heterocycles. The van der Waals surface area contributed by atoms with Gasteiger partial charge in [0, 0.05) is 5.92 Å². The highest BCUT2D eigenvalue weighted by Crippen LogP contribution is 2.31. The lowest BCUT2D eigenvalue weighted by Gasteiger charge is -2.27. The Hall–Kier alpha value is -1.22. The molecule has 2 rings (SSSR count). The molecule has 0 unspecified atom stereocenters. The average molecular weight is 283 g/mol. The normalized spacial score (nSPS) is 22.4. The van der Waals surface area contributed by atoms with Crippen LogP contribution in [-0.4, -0.2) is 5.91 Å². The Morgan fingerprint density at radius 3 is 2.47 bits per heavy atom. The van der Waals surface area contributed by atoms with Gasteiger partial charge in [0.15, 0.2) is 0 Å². The second kappa shape index (κ2) is 7.39. The zero-order chi connectivity index (χ0) is 13.0. The molecular weight excluding hydrogens is 260 g/mol. The third kappa shape index (κ3) is 4.13. The maximum Gasteiger partial charge on any atom is 0.227 e. The Morgan fingerprint density at radius 2 is 1.89 bits per heavy atom. The first-order valence-electron chi connectivity index (χ1n) is 6.86. The highest BCUT2D eigenvalue weighted by Gasteiger charge is 2.25. The largest absolute Gasteiger partial charge is 0.397 e. The zero-order valence-corrected chi connectivity index (χ0v) is 12.2. The van der Waals surface area contributed by atoms with Crippen LogP contribution < -0.4 is 11.1 Å². The van der Waals surface area contributed by atoms with E-state index in [2.05, 4.69) is 12.2 Å². The number of nitrogens with one attached hydrogen (secondary N) is 1. The fourth-order valence-electron chi connectivity index (χ4n) is 2.68. The summed E-state index contributed by atoms with van der Waals surface area (Å²) in [6, 6.07) is 7.42. The van der Waals surface area contributed by atoms with Gasteiger partial charge in [-0.05, 0) is 43.7 Å². The second-order valence-corrected chi connectivity index (χ2v) is 5.20. The Labute approximate surface area is 121 Å². The SMILES string of the molecule is CCC1CCC(C(=O)Nc2ccccc2N)CC1.Cl. The number of hydrogen-bond donors (Lipinski definition) is 2. The van der Waals surface area contributed by atoms with Crippen LogP contribution in [0.25, 0.3) is 0 Å². The Morgan fingerprint density at radius 1 is 1.26 bits per heavy atom. The van der Waals surface area contributed by atoms with Gasteiger partial charge in [0.25, 0.3) is 0 Å². The molecule has 106 valence electrons. The van der Waals surface area contributed by atoms with Crippen LogP contribution in [0.1, 0.15) is 39.0 Å². The molecule has 0 aromatic heterocycles. The van der Waals surface area contributed by atoms with Crippen molar-refractivity contribution < 1.29 is 4.79 Å². The standard InChI is InChI=1S/C15H22N2O.ClH/c1-2-11-7-9-12(10-8-11)15(18)17-14-6-4-3-5-13(14)16;/h3-6,11-12H,2,7-10,16H2,1H3,(H,17,18);1H. The van der Waals surface area contributed by atoms with Crippen molar-refractivity contribution in [3.63, 3.8) is 0 Å². The fraction of sp³-hybridized carbons (Fsp3) is 0.533. The Bertz CT molecular complexity index is 414. The molecule has 1 aliphatic rings. The number of carbonyl (C=O) groups is 1. The van der Waals surface area contributed by atoms with Crippen LogP contribution in [0.5, 0.6) is 0 Å². The van der Waals surface area contributed by atoms with Gasteiger partial charge in [0.05, 0.1) is 11.4 Å². The van der Waals surface area contributed by atoms with Gasteiger partial charge in [-0.1, -0.05) is 25.5 Å². The molecule has 4 heteroatoms. The lowest BCUT2D eigenvalue weighted by molar-refractivity contribution is -0.121. The summed E-state index contributed by atoms with van der Waals surface area (Å²) in [4.78, 5) is 12.1. The van der Waals surface area contributed by atoms with Gasteiger partial charge in [-0.15, -0.1) is 12.4 Å². The third-order valence-electron chi connectivity index (χ3n) is 4.01. The molecule has 0 atom stereocenters. The van der Waals surface area contributed by atoms with E-state index in [0.717, 1.165) is 24.4 Å². The number of anilines is 2. The molecule has 0 radical (unpaired) electrons. The zero-order valence-electron chi connectivity index (χ0n) is 11.4. The van der Waals surface area contributed by atoms with Crippen LogP contribution in [0.2, 0.25) is 0 Å². The average Bonchev–Trinajstić information content (AvgIpc) is 2.41. The molecule has 3 N–H and O–H groups in total. The summed E-state index contributed by atoms with van der Waals surface area (Å²) < 4.78 is 0. The van der Waals surface area contributed by atoms with Crippen molar-refractivity contribution in [3.05, 3.63) is 24.3 Å². The molecular formula is C15H23ClN2O. The topological polar surface area (TPSA) is 55.1 Å². The lowest BCUT2D eigenvalue weighted by atomic mass is 9.80. The molecule has 1 saturated carbocycles. The number of nitrogens with two attached hydrogens (primary N) is 1. The highest BCUT2D eigenvalue weighted by molar-refractivity contribution is 5.95. The van der Waals surface area contributed by atoms with E-state index in [4.69, 9.17) is 5.73 Å². The van der Waals surface area contributed by atoms with Crippen LogP contribution in [-0.2, 0) is 4.79 Å². The fourth-order valence-corrected chi connectivity index (χ4v) is 2.68. The third-order valence-corrected chi connectivity index (χ3v) is 4.01. The summed E-state index contributed by atoms with van der Waals surface area (Å²) in [5, 5.41) is 2.95. The van der Waals surface area contributed by atoms with E-state index in [9.17, 15) is 4.79 Å². The van der Waals surface area contributed by atoms with E-state index < -0.39 is 0 Å². The molecule has 0 spiro atoms. The van der Waals surface area contributed by atoms with Gasteiger partial charge >= 0.3 is 0 Å². The minimum Gasteiger partial charge on any atom is -0.397 e. The predicted octanol–water partition coefficient (Wildman–Crippen LogP) is 3.85. The quantitative estimate of drug-likeness (QED) is 0.828. The molecule has 0 aliphatic heterocycles. The summed E-state index contributed by atoms with van der Waals surface area (Å²) in [5.41, 5.74) is 7.20. The van der Waals surface area contributed by atoms with Gasteiger partial charge < -0.3 is 11.1 Å². The summed E-state index contributed by atoms with van der Waals surface area (Å²) in [6.45, 7) is 2.23. The number of amides is 1. The summed E-state index contributed by atoms with van der Waals surface area (Å²) in [5.74, 6) is 1.10. The smallest absolute Gasteiger partial charge is 0.227 e. The number of nitrogen functional groups attached to an aromatic ring is 1. The minimum atomic E-state index is 0.